The molecule has 198 valence electrons. The maximum atomic E-state index is 13.5. The number of phenolic OH excluding ortho intramolecular Hbond substituents is 1. The number of phenols is 1. The number of pyridine rings is 1. The predicted octanol–water partition coefficient (Wildman–Crippen LogP) is 5.30. The van der Waals surface area contributed by atoms with Gasteiger partial charge in [-0.25, -0.2) is 9.18 Å². The van der Waals surface area contributed by atoms with Gasteiger partial charge in [-0.05, 0) is 64.7 Å². The number of rotatable bonds is 8. The molecule has 1 fully saturated rings. The Morgan fingerprint density at radius 1 is 1.08 bits per heavy atom. The summed E-state index contributed by atoms with van der Waals surface area (Å²) in [6.45, 7) is 0. The van der Waals surface area contributed by atoms with Gasteiger partial charge in [-0.1, -0.05) is 36.4 Å². The lowest BCUT2D eigenvalue weighted by Gasteiger charge is -2.47. The minimum Gasteiger partial charge on any atom is -0.507 e. The van der Waals surface area contributed by atoms with Crippen LogP contribution in [0.5, 0.6) is 5.75 Å². The number of aliphatic hydroxyl groups is 1. The van der Waals surface area contributed by atoms with E-state index in [1.807, 2.05) is 36.4 Å². The van der Waals surface area contributed by atoms with Crippen LogP contribution < -0.4 is 4.90 Å². The fourth-order valence-electron chi connectivity index (χ4n) is 4.57. The minimum absolute atomic E-state index is 0.00341. The lowest BCUT2D eigenvalue weighted by molar-refractivity contribution is -0.123. The number of hydrogen-bond donors (Lipinski definition) is 2. The Bertz CT molecular complexity index is 1480. The molecule has 7 nitrogen and oxygen atoms in total. The summed E-state index contributed by atoms with van der Waals surface area (Å²) in [5, 5.41) is 20.3. The highest BCUT2D eigenvalue weighted by Gasteiger charge is 2.49. The third kappa shape index (κ3) is 5.36. The normalized spacial score (nSPS) is 17.4. The van der Waals surface area contributed by atoms with Gasteiger partial charge >= 0.3 is 5.97 Å². The molecule has 9 heteroatoms. The number of thioether (sulfide) groups is 1. The number of aliphatic hydroxyl groups excluding tert-OH is 1. The third-order valence-corrected chi connectivity index (χ3v) is 7.97. The van der Waals surface area contributed by atoms with Crippen molar-refractivity contribution in [1.29, 1.82) is 0 Å². The molecule has 1 aliphatic heterocycles. The molecular formula is C30H25FN2O5S. The smallest absolute Gasteiger partial charge is 0.341 e. The molecule has 0 spiro atoms. The number of esters is 1. The van der Waals surface area contributed by atoms with Crippen LogP contribution >= 0.6 is 11.8 Å². The van der Waals surface area contributed by atoms with E-state index in [2.05, 4.69) is 4.98 Å². The number of amides is 1. The second kappa shape index (κ2) is 11.3. The molecule has 3 atom stereocenters. The number of methoxy groups -OCH3 is 1. The van der Waals surface area contributed by atoms with Gasteiger partial charge in [-0.2, -0.15) is 0 Å². The Balaban J connectivity index is 1.44. The van der Waals surface area contributed by atoms with Gasteiger partial charge in [-0.15, -0.1) is 11.8 Å². The highest BCUT2D eigenvalue weighted by atomic mass is 32.2. The summed E-state index contributed by atoms with van der Waals surface area (Å²) in [7, 11) is 1.23. The summed E-state index contributed by atoms with van der Waals surface area (Å²) >= 11 is 1.28. The molecule has 0 radical (unpaired) electrons. The standard InChI is InChI=1S/C30H25FN2O5S/c1-38-30(37)24-15-20(8-13-25(24)34)27-28(39-17-26(35)19-4-9-22(31)10-5-19)29(36)33(27)23-11-6-18(7-12-23)21-3-2-14-32-16-21/h2-16,26-28,34-35H,17H2,1H3/t26-,27-,28-/m1/s1. The predicted molar refractivity (Wildman–Crippen MR) is 147 cm³/mol. The van der Waals surface area contributed by atoms with Crippen LogP contribution in [0.4, 0.5) is 10.1 Å². The molecule has 1 saturated heterocycles. The maximum absolute atomic E-state index is 13.5. The van der Waals surface area contributed by atoms with E-state index >= 15 is 0 Å². The van der Waals surface area contributed by atoms with E-state index in [0.717, 1.165) is 11.1 Å². The van der Waals surface area contributed by atoms with Crippen LogP contribution in [0.25, 0.3) is 11.1 Å². The highest BCUT2D eigenvalue weighted by molar-refractivity contribution is 8.00. The van der Waals surface area contributed by atoms with E-state index < -0.39 is 29.2 Å². The molecule has 0 aliphatic carbocycles. The molecule has 0 unspecified atom stereocenters. The van der Waals surface area contributed by atoms with Crippen LogP contribution in [0, 0.1) is 5.82 Å². The molecule has 2 heterocycles. The van der Waals surface area contributed by atoms with E-state index in [4.69, 9.17) is 4.74 Å². The van der Waals surface area contributed by atoms with Crippen molar-refractivity contribution in [2.45, 2.75) is 17.4 Å². The quantitative estimate of drug-likeness (QED) is 0.229. The zero-order chi connectivity index (χ0) is 27.5. The van der Waals surface area contributed by atoms with Gasteiger partial charge in [0.25, 0.3) is 0 Å². The van der Waals surface area contributed by atoms with Crippen LogP contribution in [-0.2, 0) is 9.53 Å². The Labute approximate surface area is 228 Å². The lowest BCUT2D eigenvalue weighted by atomic mass is 9.90. The van der Waals surface area contributed by atoms with Crippen molar-refractivity contribution >= 4 is 29.3 Å². The summed E-state index contributed by atoms with van der Waals surface area (Å²) in [5.74, 6) is -1.26. The largest absolute Gasteiger partial charge is 0.507 e. The first-order valence-corrected chi connectivity index (χ1v) is 13.2. The average Bonchev–Trinajstić information content (AvgIpc) is 2.97. The lowest BCUT2D eigenvalue weighted by Crippen LogP contribution is -2.57. The number of hydrogen-bond acceptors (Lipinski definition) is 7. The third-order valence-electron chi connectivity index (χ3n) is 6.64. The molecule has 1 aromatic heterocycles. The molecule has 0 bridgehead atoms. The summed E-state index contributed by atoms with van der Waals surface area (Å²) in [5.41, 5.74) is 3.74. The van der Waals surface area contributed by atoms with Crippen LogP contribution in [0.3, 0.4) is 0 Å². The number of halogens is 1. The minimum atomic E-state index is -0.901. The van der Waals surface area contributed by atoms with Crippen molar-refractivity contribution in [2.75, 3.05) is 17.8 Å². The van der Waals surface area contributed by atoms with Crippen LogP contribution in [0.2, 0.25) is 0 Å². The molecular weight excluding hydrogens is 519 g/mol. The molecule has 5 rings (SSSR count). The van der Waals surface area contributed by atoms with Crippen molar-refractivity contribution < 1.29 is 28.9 Å². The van der Waals surface area contributed by atoms with Gasteiger partial charge in [0.1, 0.15) is 22.4 Å². The van der Waals surface area contributed by atoms with Gasteiger partial charge in [0.15, 0.2) is 0 Å². The average molecular weight is 545 g/mol. The Hall–Kier alpha value is -4.21. The summed E-state index contributed by atoms with van der Waals surface area (Å²) in [6, 6.07) is 21.0. The number of ether oxygens (including phenoxy) is 1. The summed E-state index contributed by atoms with van der Waals surface area (Å²) in [4.78, 5) is 31.5. The van der Waals surface area contributed by atoms with Crippen molar-refractivity contribution in [1.82, 2.24) is 4.98 Å². The highest BCUT2D eigenvalue weighted by Crippen LogP contribution is 2.47. The molecule has 3 aromatic carbocycles. The number of carbonyl (C=O) groups is 2. The molecule has 1 amide bonds. The fourth-order valence-corrected chi connectivity index (χ4v) is 5.87. The van der Waals surface area contributed by atoms with Gasteiger partial charge < -0.3 is 19.8 Å². The number of benzene rings is 3. The Kier molecular flexibility index (Phi) is 7.63. The number of aromatic nitrogens is 1. The molecule has 4 aromatic rings. The number of nitrogens with zero attached hydrogens (tertiary/aromatic N) is 2. The van der Waals surface area contributed by atoms with Crippen LogP contribution in [-0.4, -0.2) is 45.2 Å². The molecule has 1 aliphatic rings. The molecule has 0 saturated carbocycles. The first-order chi connectivity index (χ1) is 18.9. The SMILES string of the molecule is COC(=O)c1cc([C@@H]2[C@@H](SC[C@@H](O)c3ccc(F)cc3)C(=O)N2c2ccc(-c3cccnc3)cc2)ccc1O. The Morgan fingerprint density at radius 2 is 1.82 bits per heavy atom. The number of β-lactam (4-membered cyclic amide) rings is 1. The van der Waals surface area contributed by atoms with E-state index in [0.29, 0.717) is 16.8 Å². The summed E-state index contributed by atoms with van der Waals surface area (Å²) in [6.07, 6.45) is 2.56. The van der Waals surface area contributed by atoms with Gasteiger partial charge in [0.2, 0.25) is 5.91 Å². The zero-order valence-corrected chi connectivity index (χ0v) is 21.7. The number of anilines is 1. The number of aromatic hydroxyl groups is 1. The summed E-state index contributed by atoms with van der Waals surface area (Å²) < 4.78 is 18.1. The molecule has 39 heavy (non-hydrogen) atoms. The second-order valence-electron chi connectivity index (χ2n) is 9.03. The maximum Gasteiger partial charge on any atom is 0.341 e. The topological polar surface area (TPSA) is 100.0 Å². The molecule has 2 N–H and O–H groups in total. The number of carbonyl (C=O) groups excluding carboxylic acids is 2. The second-order valence-corrected chi connectivity index (χ2v) is 10.2. The van der Waals surface area contributed by atoms with Gasteiger partial charge in [0.05, 0.1) is 19.3 Å². The van der Waals surface area contributed by atoms with E-state index in [1.165, 1.54) is 55.3 Å². The van der Waals surface area contributed by atoms with Crippen LogP contribution in [0.1, 0.15) is 33.6 Å². The Morgan fingerprint density at radius 3 is 2.49 bits per heavy atom. The van der Waals surface area contributed by atoms with Crippen molar-refractivity contribution in [3.05, 3.63) is 114 Å². The first-order valence-electron chi connectivity index (χ1n) is 12.2. The van der Waals surface area contributed by atoms with Crippen molar-refractivity contribution in [2.24, 2.45) is 0 Å². The van der Waals surface area contributed by atoms with Gasteiger partial charge in [-0.3, -0.25) is 9.78 Å². The first kappa shape index (κ1) is 26.4. The van der Waals surface area contributed by atoms with Crippen molar-refractivity contribution in [3.63, 3.8) is 0 Å². The van der Waals surface area contributed by atoms with E-state index in [-0.39, 0.29) is 23.0 Å². The van der Waals surface area contributed by atoms with E-state index in [9.17, 15) is 24.2 Å². The monoisotopic (exact) mass is 544 g/mol. The fraction of sp³-hybridized carbons (Fsp3) is 0.167. The van der Waals surface area contributed by atoms with Crippen LogP contribution in [0.15, 0.2) is 91.3 Å². The van der Waals surface area contributed by atoms with Gasteiger partial charge in [0, 0.05) is 23.8 Å². The van der Waals surface area contributed by atoms with E-state index in [1.54, 1.807) is 23.4 Å². The van der Waals surface area contributed by atoms with Crippen molar-refractivity contribution in [3.8, 4) is 16.9 Å². The zero-order valence-electron chi connectivity index (χ0n) is 20.9.